The fourth-order valence-electron chi connectivity index (χ4n) is 2.33. The molecule has 5 nitrogen and oxygen atoms in total. The van der Waals surface area contributed by atoms with Gasteiger partial charge in [0.25, 0.3) is 0 Å². The molecule has 3 rings (SSSR count). The minimum absolute atomic E-state index is 0.0749. The number of nitrogens with zero attached hydrogens (tertiary/aromatic N) is 1. The molecule has 25 heavy (non-hydrogen) atoms. The van der Waals surface area contributed by atoms with E-state index in [1.54, 1.807) is 25.3 Å². The topological polar surface area (TPSA) is 57.1 Å². The summed E-state index contributed by atoms with van der Waals surface area (Å²) >= 11 is 2.12. The van der Waals surface area contributed by atoms with Crippen molar-refractivity contribution in [3.05, 3.63) is 62.6 Å². The average molecular weight is 453 g/mol. The highest BCUT2D eigenvalue weighted by atomic mass is 127. The minimum Gasteiger partial charge on any atom is -0.493 e. The van der Waals surface area contributed by atoms with Crippen molar-refractivity contribution < 1.29 is 23.4 Å². The average Bonchev–Trinajstić information content (AvgIpc) is 2.95. The van der Waals surface area contributed by atoms with Crippen LogP contribution in [-0.2, 0) is 9.53 Å². The molecule has 7 heteroatoms. The molecule has 1 heterocycles. The van der Waals surface area contributed by atoms with Crippen molar-refractivity contribution in [2.75, 3.05) is 14.2 Å². The molecule has 0 saturated carbocycles. The molecule has 0 aliphatic carbocycles. The van der Waals surface area contributed by atoms with E-state index in [0.717, 1.165) is 3.57 Å². The first-order valence-electron chi connectivity index (χ1n) is 7.22. The highest BCUT2D eigenvalue weighted by molar-refractivity contribution is 14.1. The first-order valence-corrected chi connectivity index (χ1v) is 8.29. The lowest BCUT2D eigenvalue weighted by molar-refractivity contribution is -0.129. The Kier molecular flexibility index (Phi) is 5.03. The van der Waals surface area contributed by atoms with E-state index < -0.39 is 11.8 Å². The second-order valence-electron chi connectivity index (χ2n) is 5.08. The Balaban J connectivity index is 1.98. The number of cyclic esters (lactones) is 1. The zero-order valence-corrected chi connectivity index (χ0v) is 15.5. The molecule has 0 N–H and O–H groups in total. The standard InChI is InChI=1S/C18H13FINO4/c1-23-15-8-10(6-13(20)16(15)24-2)7-14-18(22)25-17(21-14)11-4-3-5-12(19)9-11/h3-9H,1-2H3/b14-7-. The zero-order chi connectivity index (χ0) is 18.0. The van der Waals surface area contributed by atoms with Gasteiger partial charge in [0.2, 0.25) is 5.90 Å². The molecule has 0 fully saturated rings. The largest absolute Gasteiger partial charge is 0.493 e. The van der Waals surface area contributed by atoms with Crippen molar-refractivity contribution in [2.24, 2.45) is 4.99 Å². The van der Waals surface area contributed by atoms with E-state index in [0.29, 0.717) is 22.6 Å². The molecular weight excluding hydrogens is 440 g/mol. The number of esters is 1. The second-order valence-corrected chi connectivity index (χ2v) is 6.25. The van der Waals surface area contributed by atoms with Crippen LogP contribution >= 0.6 is 22.6 Å². The van der Waals surface area contributed by atoms with Gasteiger partial charge in [0, 0.05) is 5.56 Å². The molecule has 1 aliphatic heterocycles. The zero-order valence-electron chi connectivity index (χ0n) is 13.4. The van der Waals surface area contributed by atoms with E-state index in [9.17, 15) is 9.18 Å². The molecule has 0 radical (unpaired) electrons. The van der Waals surface area contributed by atoms with Crippen molar-refractivity contribution >= 4 is 40.5 Å². The Bertz CT molecular complexity index is 908. The number of ether oxygens (including phenoxy) is 3. The van der Waals surface area contributed by atoms with Crippen LogP contribution in [0.2, 0.25) is 0 Å². The number of carbonyl (C=O) groups is 1. The van der Waals surface area contributed by atoms with Gasteiger partial charge in [0.1, 0.15) is 5.82 Å². The molecule has 128 valence electrons. The van der Waals surface area contributed by atoms with Crippen molar-refractivity contribution in [3.8, 4) is 11.5 Å². The van der Waals surface area contributed by atoms with Gasteiger partial charge < -0.3 is 14.2 Å². The van der Waals surface area contributed by atoms with Crippen molar-refractivity contribution in [3.63, 3.8) is 0 Å². The van der Waals surface area contributed by atoms with Crippen LogP contribution in [0, 0.1) is 9.39 Å². The van der Waals surface area contributed by atoms with Gasteiger partial charge in [0.05, 0.1) is 17.8 Å². The third kappa shape index (κ3) is 3.65. The molecule has 0 atom stereocenters. The van der Waals surface area contributed by atoms with Crippen molar-refractivity contribution in [1.82, 2.24) is 0 Å². The Hall–Kier alpha value is -2.42. The van der Waals surface area contributed by atoms with E-state index in [-0.39, 0.29) is 11.6 Å². The summed E-state index contributed by atoms with van der Waals surface area (Å²) < 4.78 is 29.9. The van der Waals surface area contributed by atoms with Gasteiger partial charge in [-0.3, -0.25) is 0 Å². The van der Waals surface area contributed by atoms with E-state index >= 15 is 0 Å². The lowest BCUT2D eigenvalue weighted by Crippen LogP contribution is -2.05. The minimum atomic E-state index is -0.593. The fraction of sp³-hybridized carbons (Fsp3) is 0.111. The maximum Gasteiger partial charge on any atom is 0.363 e. The lowest BCUT2D eigenvalue weighted by Gasteiger charge is -2.10. The molecule has 0 bridgehead atoms. The van der Waals surface area contributed by atoms with Crippen LogP contribution in [0.4, 0.5) is 4.39 Å². The Morgan fingerprint density at radius 1 is 1.20 bits per heavy atom. The molecule has 0 unspecified atom stereocenters. The van der Waals surface area contributed by atoms with Crippen LogP contribution in [0.3, 0.4) is 0 Å². The van der Waals surface area contributed by atoms with Gasteiger partial charge in [-0.25, -0.2) is 14.2 Å². The highest BCUT2D eigenvalue weighted by Crippen LogP contribution is 2.34. The summed E-state index contributed by atoms with van der Waals surface area (Å²) in [6.07, 6.45) is 1.58. The number of hydrogen-bond acceptors (Lipinski definition) is 5. The summed E-state index contributed by atoms with van der Waals surface area (Å²) in [7, 11) is 3.09. The number of benzene rings is 2. The lowest BCUT2D eigenvalue weighted by atomic mass is 10.1. The molecular formula is C18H13FINO4. The predicted octanol–water partition coefficient (Wildman–Crippen LogP) is 3.79. The van der Waals surface area contributed by atoms with Crippen LogP contribution < -0.4 is 9.47 Å². The molecule has 2 aromatic carbocycles. The number of halogens is 2. The number of hydrogen-bond donors (Lipinski definition) is 0. The normalized spacial score (nSPS) is 15.1. The maximum atomic E-state index is 13.3. The SMILES string of the molecule is COc1cc(/C=C2\N=C(c3cccc(F)c3)OC2=O)cc(I)c1OC. The van der Waals surface area contributed by atoms with Crippen molar-refractivity contribution in [2.45, 2.75) is 0 Å². The van der Waals surface area contributed by atoms with Gasteiger partial charge in [-0.05, 0) is 64.6 Å². The summed E-state index contributed by atoms with van der Waals surface area (Å²) in [4.78, 5) is 16.2. The highest BCUT2D eigenvalue weighted by Gasteiger charge is 2.24. The summed E-state index contributed by atoms with van der Waals surface area (Å²) in [5.41, 5.74) is 1.24. The smallest absolute Gasteiger partial charge is 0.363 e. The van der Waals surface area contributed by atoms with Gasteiger partial charge >= 0.3 is 5.97 Å². The number of aliphatic imine (C=N–C) groups is 1. The molecule has 1 aliphatic rings. The molecule has 0 saturated heterocycles. The van der Waals surface area contributed by atoms with Crippen molar-refractivity contribution in [1.29, 1.82) is 0 Å². The van der Waals surface area contributed by atoms with Crippen LogP contribution in [0.1, 0.15) is 11.1 Å². The van der Waals surface area contributed by atoms with Gasteiger partial charge in [0.15, 0.2) is 17.2 Å². The summed E-state index contributed by atoms with van der Waals surface area (Å²) in [6.45, 7) is 0. The first-order chi connectivity index (χ1) is 12.0. The third-order valence-corrected chi connectivity index (χ3v) is 4.25. The fourth-order valence-corrected chi connectivity index (χ4v) is 3.18. The van der Waals surface area contributed by atoms with Crippen LogP contribution in [0.5, 0.6) is 11.5 Å². The Morgan fingerprint density at radius 3 is 2.68 bits per heavy atom. The number of rotatable bonds is 4. The van der Waals surface area contributed by atoms with E-state index in [1.807, 2.05) is 6.07 Å². The predicted molar refractivity (Wildman–Crippen MR) is 99.3 cm³/mol. The summed E-state index contributed by atoms with van der Waals surface area (Å²) in [6, 6.07) is 9.28. The van der Waals surface area contributed by atoms with Gasteiger partial charge in [-0.2, -0.15) is 0 Å². The monoisotopic (exact) mass is 453 g/mol. The van der Waals surface area contributed by atoms with E-state index in [4.69, 9.17) is 14.2 Å². The van der Waals surface area contributed by atoms with Crippen LogP contribution in [0.15, 0.2) is 47.1 Å². The van der Waals surface area contributed by atoms with Crippen LogP contribution in [0.25, 0.3) is 6.08 Å². The molecule has 0 amide bonds. The number of carbonyl (C=O) groups excluding carboxylic acids is 1. The van der Waals surface area contributed by atoms with Crippen LogP contribution in [-0.4, -0.2) is 26.1 Å². The molecule has 0 aromatic heterocycles. The van der Waals surface area contributed by atoms with E-state index in [2.05, 4.69) is 27.6 Å². The van der Waals surface area contributed by atoms with Gasteiger partial charge in [-0.1, -0.05) is 6.07 Å². The Morgan fingerprint density at radius 2 is 2.00 bits per heavy atom. The number of methoxy groups -OCH3 is 2. The maximum absolute atomic E-state index is 13.3. The molecule has 2 aromatic rings. The Labute approximate surface area is 157 Å². The van der Waals surface area contributed by atoms with E-state index in [1.165, 1.54) is 25.3 Å². The summed E-state index contributed by atoms with van der Waals surface area (Å²) in [5.74, 6) is 0.211. The van der Waals surface area contributed by atoms with Gasteiger partial charge in [-0.15, -0.1) is 0 Å². The molecule has 0 spiro atoms. The second kappa shape index (κ2) is 7.22. The quantitative estimate of drug-likeness (QED) is 0.402. The third-order valence-electron chi connectivity index (χ3n) is 3.45. The first kappa shape index (κ1) is 17.4. The summed E-state index contributed by atoms with van der Waals surface area (Å²) in [5, 5.41) is 0.